The first-order valence-electron chi connectivity index (χ1n) is 5.53. The Balaban J connectivity index is 2.62. The van der Waals surface area contributed by atoms with Crippen molar-refractivity contribution in [2.45, 2.75) is 13.8 Å². The van der Waals surface area contributed by atoms with Crippen LogP contribution in [0.5, 0.6) is 0 Å². The van der Waals surface area contributed by atoms with E-state index in [1.54, 1.807) is 13.8 Å². The Labute approximate surface area is 114 Å². The highest BCUT2D eigenvalue weighted by Gasteiger charge is 2.16. The summed E-state index contributed by atoms with van der Waals surface area (Å²) in [4.78, 5) is 29.2. The molecule has 1 rings (SSSR count). The first-order chi connectivity index (χ1) is 9.08. The first kappa shape index (κ1) is 14.9. The van der Waals surface area contributed by atoms with Crippen molar-refractivity contribution in [1.29, 1.82) is 0 Å². The van der Waals surface area contributed by atoms with E-state index in [0.29, 0.717) is 0 Å². The smallest absolute Gasteiger partial charge is 0.413 e. The van der Waals surface area contributed by atoms with Gasteiger partial charge in [0.05, 0.1) is 19.5 Å². The maximum Gasteiger partial charge on any atom is 0.413 e. The summed E-state index contributed by atoms with van der Waals surface area (Å²) in [6.45, 7) is 3.82. The number of rotatable bonds is 4. The number of anilines is 1. The number of thiocarbonyl (C=S) groups is 1. The summed E-state index contributed by atoms with van der Waals surface area (Å²) in [5.74, 6) is -0.401. The van der Waals surface area contributed by atoms with Crippen LogP contribution in [0.25, 0.3) is 0 Å². The second-order valence-corrected chi connectivity index (χ2v) is 3.55. The Morgan fingerprint density at radius 3 is 2.68 bits per heavy atom. The maximum absolute atomic E-state index is 11.5. The van der Waals surface area contributed by atoms with Crippen molar-refractivity contribution in [3.05, 3.63) is 12.0 Å². The number of carbonyl (C=O) groups excluding carboxylic acids is 2. The van der Waals surface area contributed by atoms with E-state index in [2.05, 4.69) is 25.3 Å². The van der Waals surface area contributed by atoms with Crippen molar-refractivity contribution in [2.75, 3.05) is 18.5 Å². The van der Waals surface area contributed by atoms with Gasteiger partial charge in [-0.3, -0.25) is 5.32 Å². The Morgan fingerprint density at radius 1 is 1.37 bits per heavy atom. The topological polar surface area (TPSA) is 105 Å². The van der Waals surface area contributed by atoms with Gasteiger partial charge in [0.25, 0.3) is 0 Å². The number of imidazole rings is 1. The molecule has 19 heavy (non-hydrogen) atoms. The molecule has 0 saturated carbocycles. The maximum atomic E-state index is 11.5. The molecule has 104 valence electrons. The summed E-state index contributed by atoms with van der Waals surface area (Å²) in [6.07, 6.45) is 0.620. The molecular weight excluding hydrogens is 272 g/mol. The Morgan fingerprint density at radius 2 is 2.05 bits per heavy atom. The molecule has 8 nitrogen and oxygen atoms in total. The number of nitrogens with one attached hydrogen (secondary N) is 3. The molecule has 3 N–H and O–H groups in total. The lowest BCUT2D eigenvalue weighted by Gasteiger charge is -2.08. The molecular formula is C10H14N4O4S. The SMILES string of the molecule is CCOC(=O)NC(=S)Nc1nc[nH]c1C(=O)OCC. The van der Waals surface area contributed by atoms with Gasteiger partial charge >= 0.3 is 12.1 Å². The van der Waals surface area contributed by atoms with E-state index in [-0.39, 0.29) is 29.8 Å². The molecule has 9 heteroatoms. The molecule has 0 saturated heterocycles. The molecule has 1 heterocycles. The third kappa shape index (κ3) is 4.54. The molecule has 1 aromatic heterocycles. The average Bonchev–Trinajstić information content (AvgIpc) is 2.77. The van der Waals surface area contributed by atoms with Crippen LogP contribution in [-0.2, 0) is 9.47 Å². The van der Waals surface area contributed by atoms with Crippen LogP contribution in [0.15, 0.2) is 6.33 Å². The largest absolute Gasteiger partial charge is 0.461 e. The van der Waals surface area contributed by atoms with Crippen LogP contribution in [0.4, 0.5) is 10.6 Å². The lowest BCUT2D eigenvalue weighted by atomic mass is 10.4. The summed E-state index contributed by atoms with van der Waals surface area (Å²) in [6, 6.07) is 0. The zero-order chi connectivity index (χ0) is 14.3. The van der Waals surface area contributed by atoms with Crippen molar-refractivity contribution >= 4 is 35.2 Å². The van der Waals surface area contributed by atoms with Crippen LogP contribution in [0.3, 0.4) is 0 Å². The summed E-state index contributed by atoms with van der Waals surface area (Å²) < 4.78 is 9.47. The second kappa shape index (κ2) is 7.31. The molecule has 0 fully saturated rings. The third-order valence-corrected chi connectivity index (χ3v) is 2.05. The number of hydrogen-bond acceptors (Lipinski definition) is 6. The van der Waals surface area contributed by atoms with Crippen LogP contribution >= 0.6 is 12.2 Å². The van der Waals surface area contributed by atoms with E-state index in [1.807, 2.05) is 0 Å². The lowest BCUT2D eigenvalue weighted by Crippen LogP contribution is -2.35. The fourth-order valence-corrected chi connectivity index (χ4v) is 1.33. The number of alkyl carbamates (subject to hydrolysis) is 1. The van der Waals surface area contributed by atoms with Gasteiger partial charge in [0.2, 0.25) is 0 Å². The molecule has 0 unspecified atom stereocenters. The van der Waals surface area contributed by atoms with E-state index in [9.17, 15) is 9.59 Å². The average molecular weight is 286 g/mol. The number of carbonyl (C=O) groups is 2. The number of aromatic nitrogens is 2. The molecule has 0 aliphatic rings. The van der Waals surface area contributed by atoms with Crippen LogP contribution in [-0.4, -0.2) is 40.4 Å². The Kier molecular flexibility index (Phi) is 5.73. The molecule has 0 spiro atoms. The second-order valence-electron chi connectivity index (χ2n) is 3.15. The molecule has 0 radical (unpaired) electrons. The molecule has 0 aliphatic heterocycles. The number of ether oxygens (including phenoxy) is 2. The monoisotopic (exact) mass is 286 g/mol. The predicted octanol–water partition coefficient (Wildman–Crippen LogP) is 1.03. The highest BCUT2D eigenvalue weighted by atomic mass is 32.1. The van der Waals surface area contributed by atoms with Gasteiger partial charge in [-0.15, -0.1) is 0 Å². The van der Waals surface area contributed by atoms with Gasteiger partial charge in [0.15, 0.2) is 16.6 Å². The summed E-state index contributed by atoms with van der Waals surface area (Å²) in [5, 5.41) is 4.83. The minimum atomic E-state index is -0.687. The quantitative estimate of drug-likeness (QED) is 0.560. The van der Waals surface area contributed by atoms with Crippen LogP contribution in [0.2, 0.25) is 0 Å². The molecule has 0 bridgehead atoms. The zero-order valence-corrected chi connectivity index (χ0v) is 11.3. The van der Waals surface area contributed by atoms with Crippen LogP contribution in [0.1, 0.15) is 24.3 Å². The van der Waals surface area contributed by atoms with Gasteiger partial charge in [0, 0.05) is 0 Å². The van der Waals surface area contributed by atoms with Crippen molar-refractivity contribution < 1.29 is 19.1 Å². The van der Waals surface area contributed by atoms with E-state index in [1.165, 1.54) is 6.33 Å². The number of H-pyrrole nitrogens is 1. The molecule has 1 aromatic rings. The van der Waals surface area contributed by atoms with Gasteiger partial charge in [0.1, 0.15) is 0 Å². The lowest BCUT2D eigenvalue weighted by molar-refractivity contribution is 0.0521. The van der Waals surface area contributed by atoms with Crippen molar-refractivity contribution in [3.63, 3.8) is 0 Å². The van der Waals surface area contributed by atoms with Gasteiger partial charge in [-0.25, -0.2) is 14.6 Å². The predicted molar refractivity (Wildman–Crippen MR) is 70.9 cm³/mol. The standard InChI is InChI=1S/C10H14N4O4S/c1-3-17-8(15)6-7(12-5-11-6)13-9(19)14-10(16)18-4-2/h5H,3-4H2,1-2H3,(H,11,12)(H2,13,14,16,19). The van der Waals surface area contributed by atoms with E-state index in [4.69, 9.17) is 17.0 Å². The Hall–Kier alpha value is -2.16. The van der Waals surface area contributed by atoms with Gasteiger partial charge in [-0.05, 0) is 26.1 Å². The Bertz CT molecular complexity index is 474. The number of amides is 1. The molecule has 1 amide bonds. The number of aromatic amines is 1. The number of hydrogen-bond donors (Lipinski definition) is 3. The van der Waals surface area contributed by atoms with Crippen molar-refractivity contribution in [3.8, 4) is 0 Å². The highest BCUT2D eigenvalue weighted by Crippen LogP contribution is 2.10. The highest BCUT2D eigenvalue weighted by molar-refractivity contribution is 7.80. The van der Waals surface area contributed by atoms with Crippen molar-refractivity contribution in [1.82, 2.24) is 15.3 Å². The summed E-state index contributed by atoms with van der Waals surface area (Å²) in [5.41, 5.74) is 0.120. The molecule has 0 aliphatic carbocycles. The first-order valence-corrected chi connectivity index (χ1v) is 5.94. The minimum absolute atomic E-state index is 0.0314. The van der Waals surface area contributed by atoms with Gasteiger partial charge in [-0.2, -0.15) is 0 Å². The normalized spacial score (nSPS) is 9.58. The summed E-state index contributed by atoms with van der Waals surface area (Å²) in [7, 11) is 0. The van der Waals surface area contributed by atoms with E-state index in [0.717, 1.165) is 0 Å². The zero-order valence-electron chi connectivity index (χ0n) is 10.5. The minimum Gasteiger partial charge on any atom is -0.461 e. The van der Waals surface area contributed by atoms with Gasteiger partial charge < -0.3 is 19.8 Å². The van der Waals surface area contributed by atoms with Crippen LogP contribution in [0, 0.1) is 0 Å². The van der Waals surface area contributed by atoms with Gasteiger partial charge in [-0.1, -0.05) is 0 Å². The van der Waals surface area contributed by atoms with E-state index >= 15 is 0 Å². The van der Waals surface area contributed by atoms with Crippen molar-refractivity contribution in [2.24, 2.45) is 0 Å². The molecule has 0 atom stereocenters. The third-order valence-electron chi connectivity index (χ3n) is 1.84. The van der Waals surface area contributed by atoms with Crippen LogP contribution < -0.4 is 10.6 Å². The fourth-order valence-electron chi connectivity index (χ4n) is 1.15. The molecule has 0 aromatic carbocycles. The van der Waals surface area contributed by atoms with E-state index < -0.39 is 12.1 Å². The fraction of sp³-hybridized carbons (Fsp3) is 0.400. The summed E-state index contributed by atoms with van der Waals surface area (Å²) >= 11 is 4.87. The number of nitrogens with zero attached hydrogens (tertiary/aromatic N) is 1. The number of esters is 1.